The van der Waals surface area contributed by atoms with Crippen LogP contribution in [-0.4, -0.2) is 31.0 Å². The number of hydrogen-bond donors (Lipinski definition) is 0. The fourth-order valence-corrected chi connectivity index (χ4v) is 2.58. The molecule has 1 aliphatic rings. The number of carbonyl (C=O) groups excluding carboxylic acids is 1. The zero-order chi connectivity index (χ0) is 14.5. The van der Waals surface area contributed by atoms with Crippen molar-refractivity contribution in [3.63, 3.8) is 0 Å². The number of methoxy groups -OCH3 is 1. The minimum atomic E-state index is -0.202. The van der Waals surface area contributed by atoms with Crippen molar-refractivity contribution in [2.45, 2.75) is 12.8 Å². The van der Waals surface area contributed by atoms with Crippen molar-refractivity contribution < 1.29 is 9.53 Å². The lowest BCUT2D eigenvalue weighted by molar-refractivity contribution is -0.125. The largest absolute Gasteiger partial charge is 0.496 e. The van der Waals surface area contributed by atoms with Crippen molar-refractivity contribution >= 4 is 27.9 Å². The van der Waals surface area contributed by atoms with Crippen molar-refractivity contribution in [1.82, 2.24) is 4.90 Å². The van der Waals surface area contributed by atoms with E-state index in [1.807, 2.05) is 18.2 Å². The van der Waals surface area contributed by atoms with E-state index >= 15 is 0 Å². The summed E-state index contributed by atoms with van der Waals surface area (Å²) in [7, 11) is 1.56. The van der Waals surface area contributed by atoms with Gasteiger partial charge in [-0.25, -0.2) is 0 Å². The Balaban J connectivity index is 2.33. The first-order valence-corrected chi connectivity index (χ1v) is 7.19. The van der Waals surface area contributed by atoms with Gasteiger partial charge in [-0.1, -0.05) is 15.9 Å². The molecule has 1 amide bonds. The van der Waals surface area contributed by atoms with Crippen molar-refractivity contribution in [2.75, 3.05) is 20.2 Å². The lowest BCUT2D eigenvalue weighted by atomic mass is 10.1. The third kappa shape index (κ3) is 3.20. The quantitative estimate of drug-likeness (QED) is 0.630. The molecule has 1 saturated heterocycles. The molecule has 1 aromatic carbocycles. The Morgan fingerprint density at radius 2 is 2.15 bits per heavy atom. The number of rotatable bonds is 3. The van der Waals surface area contributed by atoms with Gasteiger partial charge in [0.05, 0.1) is 7.11 Å². The monoisotopic (exact) mass is 334 g/mol. The van der Waals surface area contributed by atoms with Gasteiger partial charge >= 0.3 is 0 Å². The van der Waals surface area contributed by atoms with Crippen LogP contribution in [0.4, 0.5) is 0 Å². The second kappa shape index (κ2) is 6.58. The Hall–Kier alpha value is -1.80. The molecule has 104 valence electrons. The fourth-order valence-electron chi connectivity index (χ4n) is 2.21. The van der Waals surface area contributed by atoms with Crippen molar-refractivity contribution in [3.05, 3.63) is 33.8 Å². The highest BCUT2D eigenvalue weighted by atomic mass is 79.9. The van der Waals surface area contributed by atoms with E-state index < -0.39 is 0 Å². The van der Waals surface area contributed by atoms with Gasteiger partial charge in [0.15, 0.2) is 0 Å². The summed E-state index contributed by atoms with van der Waals surface area (Å²) < 4.78 is 6.12. The van der Waals surface area contributed by atoms with Crippen LogP contribution >= 0.6 is 15.9 Å². The molecule has 0 N–H and O–H groups in total. The Kier molecular flexibility index (Phi) is 4.80. The van der Waals surface area contributed by atoms with Gasteiger partial charge in [-0.05, 0) is 37.1 Å². The summed E-state index contributed by atoms with van der Waals surface area (Å²) in [4.78, 5) is 14.0. The number of benzene rings is 1. The average Bonchev–Trinajstić information content (AvgIpc) is 2.98. The predicted molar refractivity (Wildman–Crippen MR) is 80.1 cm³/mol. The average molecular weight is 335 g/mol. The SMILES string of the molecule is COc1ccc(Br)cc1/C=C(\C#N)C(=O)N1CCCC1. The molecule has 0 atom stereocenters. The fraction of sp³-hybridized carbons (Fsp3) is 0.333. The highest BCUT2D eigenvalue weighted by Crippen LogP contribution is 2.25. The van der Waals surface area contributed by atoms with Gasteiger partial charge in [0.25, 0.3) is 5.91 Å². The van der Waals surface area contributed by atoms with Gasteiger partial charge in [-0.2, -0.15) is 5.26 Å². The third-order valence-corrected chi connectivity index (χ3v) is 3.73. The Morgan fingerprint density at radius 1 is 1.45 bits per heavy atom. The van der Waals surface area contributed by atoms with Crippen LogP contribution in [0.3, 0.4) is 0 Å². The summed E-state index contributed by atoms with van der Waals surface area (Å²) in [5.74, 6) is 0.433. The smallest absolute Gasteiger partial charge is 0.264 e. The van der Waals surface area contributed by atoms with Crippen LogP contribution in [0.2, 0.25) is 0 Å². The predicted octanol–water partition coefficient (Wildman–Crippen LogP) is 2.99. The Morgan fingerprint density at radius 3 is 2.75 bits per heavy atom. The highest BCUT2D eigenvalue weighted by molar-refractivity contribution is 9.10. The summed E-state index contributed by atoms with van der Waals surface area (Å²) in [5.41, 5.74) is 0.856. The molecular formula is C15H15BrN2O2. The standard InChI is InChI=1S/C15H15BrN2O2/c1-20-14-5-4-13(16)9-11(14)8-12(10-17)15(19)18-6-2-3-7-18/h4-5,8-9H,2-3,6-7H2,1H3/b12-8+. The van der Waals surface area contributed by atoms with Gasteiger partial charge in [0, 0.05) is 23.1 Å². The zero-order valence-electron chi connectivity index (χ0n) is 11.2. The summed E-state index contributed by atoms with van der Waals surface area (Å²) in [6.07, 6.45) is 3.60. The number of nitriles is 1. The summed E-state index contributed by atoms with van der Waals surface area (Å²) in [6, 6.07) is 7.47. The number of halogens is 1. The van der Waals surface area contributed by atoms with E-state index in [0.717, 1.165) is 30.4 Å². The number of carbonyl (C=O) groups is 1. The summed E-state index contributed by atoms with van der Waals surface area (Å²) >= 11 is 3.38. The molecule has 0 saturated carbocycles. The summed E-state index contributed by atoms with van der Waals surface area (Å²) in [5, 5.41) is 9.23. The molecule has 1 fully saturated rings. The zero-order valence-corrected chi connectivity index (χ0v) is 12.8. The molecule has 20 heavy (non-hydrogen) atoms. The van der Waals surface area contributed by atoms with E-state index in [0.29, 0.717) is 11.3 Å². The number of amides is 1. The molecule has 0 spiro atoms. The van der Waals surface area contributed by atoms with E-state index in [4.69, 9.17) is 4.74 Å². The maximum Gasteiger partial charge on any atom is 0.264 e. The molecule has 2 rings (SSSR count). The van der Waals surface area contributed by atoms with E-state index in [-0.39, 0.29) is 11.5 Å². The number of nitrogens with zero attached hydrogens (tertiary/aromatic N) is 2. The maximum absolute atomic E-state index is 12.2. The molecule has 0 aliphatic carbocycles. The van der Waals surface area contributed by atoms with Crippen LogP contribution in [0, 0.1) is 11.3 Å². The molecule has 1 heterocycles. The molecule has 0 unspecified atom stereocenters. The number of likely N-dealkylation sites (tertiary alicyclic amines) is 1. The van der Waals surface area contributed by atoms with Crippen LogP contribution < -0.4 is 4.74 Å². The maximum atomic E-state index is 12.2. The second-order valence-corrected chi connectivity index (χ2v) is 5.47. The molecule has 1 aromatic rings. The van der Waals surface area contributed by atoms with E-state index in [1.54, 1.807) is 24.2 Å². The van der Waals surface area contributed by atoms with Crippen LogP contribution in [-0.2, 0) is 4.79 Å². The van der Waals surface area contributed by atoms with Gasteiger partial charge in [0.1, 0.15) is 17.4 Å². The van der Waals surface area contributed by atoms with Gasteiger partial charge in [-0.15, -0.1) is 0 Å². The second-order valence-electron chi connectivity index (χ2n) is 4.56. The summed E-state index contributed by atoms with van der Waals surface area (Å²) in [6.45, 7) is 1.46. The van der Waals surface area contributed by atoms with Crippen LogP contribution in [0.5, 0.6) is 5.75 Å². The molecule has 5 heteroatoms. The molecule has 1 aliphatic heterocycles. The normalized spacial score (nSPS) is 15.1. The van der Waals surface area contributed by atoms with Crippen molar-refractivity contribution in [1.29, 1.82) is 5.26 Å². The van der Waals surface area contributed by atoms with Crippen molar-refractivity contribution in [3.8, 4) is 11.8 Å². The van der Waals surface area contributed by atoms with Gasteiger partial charge in [0.2, 0.25) is 0 Å². The molecule has 0 radical (unpaired) electrons. The topological polar surface area (TPSA) is 53.3 Å². The number of ether oxygens (including phenoxy) is 1. The third-order valence-electron chi connectivity index (χ3n) is 3.24. The molecule has 0 bridgehead atoms. The van der Waals surface area contributed by atoms with E-state index in [9.17, 15) is 10.1 Å². The lowest BCUT2D eigenvalue weighted by Gasteiger charge is -2.14. The highest BCUT2D eigenvalue weighted by Gasteiger charge is 2.21. The molecule has 0 aromatic heterocycles. The van der Waals surface area contributed by atoms with Gasteiger partial charge < -0.3 is 9.64 Å². The Bertz CT molecular complexity index is 584. The van der Waals surface area contributed by atoms with E-state index in [2.05, 4.69) is 15.9 Å². The van der Waals surface area contributed by atoms with E-state index in [1.165, 1.54) is 0 Å². The van der Waals surface area contributed by atoms with Crippen LogP contribution in [0.25, 0.3) is 6.08 Å². The number of hydrogen-bond acceptors (Lipinski definition) is 3. The minimum absolute atomic E-state index is 0.142. The van der Waals surface area contributed by atoms with Crippen molar-refractivity contribution in [2.24, 2.45) is 0 Å². The molecular weight excluding hydrogens is 320 g/mol. The van der Waals surface area contributed by atoms with Crippen LogP contribution in [0.1, 0.15) is 18.4 Å². The first-order chi connectivity index (χ1) is 9.65. The molecule has 4 nitrogen and oxygen atoms in total. The van der Waals surface area contributed by atoms with Crippen LogP contribution in [0.15, 0.2) is 28.2 Å². The lowest BCUT2D eigenvalue weighted by Crippen LogP contribution is -2.28. The first kappa shape index (κ1) is 14.6. The minimum Gasteiger partial charge on any atom is -0.496 e. The Labute approximate surface area is 126 Å². The van der Waals surface area contributed by atoms with Gasteiger partial charge in [-0.3, -0.25) is 4.79 Å². The first-order valence-electron chi connectivity index (χ1n) is 6.40.